The topological polar surface area (TPSA) is 56.6 Å². The van der Waals surface area contributed by atoms with Crippen molar-refractivity contribution in [3.8, 4) is 11.5 Å². The Bertz CT molecular complexity index is 826. The van der Waals surface area contributed by atoms with E-state index in [2.05, 4.69) is 30.6 Å². The van der Waals surface area contributed by atoms with Crippen LogP contribution < -0.4 is 9.47 Å². The number of hydrogen-bond acceptors (Lipinski definition) is 4. The molecule has 0 saturated carbocycles. The van der Waals surface area contributed by atoms with E-state index in [9.17, 15) is 4.79 Å². The Labute approximate surface area is 161 Å². The smallest absolute Gasteiger partial charge is 0.231 e. The third kappa shape index (κ3) is 4.43. The number of aromatic nitrogens is 2. The van der Waals surface area contributed by atoms with Crippen LogP contribution in [-0.4, -0.2) is 34.4 Å². The van der Waals surface area contributed by atoms with E-state index in [1.165, 1.54) is 11.3 Å². The molecule has 1 aromatic heterocycles. The number of carbonyl (C=O) groups is 1. The highest BCUT2D eigenvalue weighted by Gasteiger charge is 2.17. The van der Waals surface area contributed by atoms with Gasteiger partial charge in [0.05, 0.1) is 5.69 Å². The molecule has 6 nitrogen and oxygen atoms in total. The Morgan fingerprint density at radius 3 is 2.74 bits per heavy atom. The number of hydrogen-bond donors (Lipinski definition) is 0. The fourth-order valence-corrected chi connectivity index (χ4v) is 3.44. The van der Waals surface area contributed by atoms with Crippen LogP contribution in [0.5, 0.6) is 11.5 Å². The molecule has 0 N–H and O–H groups in total. The highest BCUT2D eigenvalue weighted by molar-refractivity contribution is 5.76. The van der Waals surface area contributed by atoms with Crippen LogP contribution in [0.3, 0.4) is 0 Å². The van der Waals surface area contributed by atoms with Crippen molar-refractivity contribution in [1.29, 1.82) is 0 Å². The van der Waals surface area contributed by atoms with Gasteiger partial charge in [-0.05, 0) is 49.4 Å². The summed E-state index contributed by atoms with van der Waals surface area (Å²) in [6.45, 7) is 10.2. The second-order valence-corrected chi connectivity index (χ2v) is 7.66. The summed E-state index contributed by atoms with van der Waals surface area (Å²) in [4.78, 5) is 14.4. The predicted molar refractivity (Wildman–Crippen MR) is 104 cm³/mol. The molecule has 6 heteroatoms. The van der Waals surface area contributed by atoms with Crippen LogP contribution in [0.15, 0.2) is 18.2 Å². The highest BCUT2D eigenvalue weighted by Crippen LogP contribution is 2.32. The monoisotopic (exact) mass is 371 g/mol. The molecule has 1 aliphatic rings. The lowest BCUT2D eigenvalue weighted by atomic mass is 10.1. The molecular formula is C21H29N3O3. The maximum absolute atomic E-state index is 12.6. The van der Waals surface area contributed by atoms with Gasteiger partial charge >= 0.3 is 0 Å². The molecule has 0 bridgehead atoms. The van der Waals surface area contributed by atoms with Gasteiger partial charge in [-0.15, -0.1) is 0 Å². The summed E-state index contributed by atoms with van der Waals surface area (Å²) in [7, 11) is 1.84. The van der Waals surface area contributed by atoms with E-state index < -0.39 is 0 Å². The van der Waals surface area contributed by atoms with Crippen LogP contribution in [0.4, 0.5) is 0 Å². The van der Waals surface area contributed by atoms with Crippen LogP contribution in [0.25, 0.3) is 0 Å². The first-order chi connectivity index (χ1) is 12.8. The maximum atomic E-state index is 12.6. The Hall–Kier alpha value is -2.50. The van der Waals surface area contributed by atoms with Crippen molar-refractivity contribution in [3.63, 3.8) is 0 Å². The van der Waals surface area contributed by atoms with E-state index in [4.69, 9.17) is 9.47 Å². The van der Waals surface area contributed by atoms with E-state index in [1.54, 1.807) is 4.90 Å². The van der Waals surface area contributed by atoms with Crippen molar-refractivity contribution in [2.75, 3.05) is 13.8 Å². The van der Waals surface area contributed by atoms with Gasteiger partial charge in [-0.25, -0.2) is 0 Å². The summed E-state index contributed by atoms with van der Waals surface area (Å²) >= 11 is 0. The van der Waals surface area contributed by atoms with Crippen LogP contribution in [0, 0.1) is 19.8 Å². The molecule has 0 atom stereocenters. The molecule has 0 radical (unpaired) electrons. The van der Waals surface area contributed by atoms with E-state index in [0.29, 0.717) is 18.9 Å². The zero-order valence-corrected chi connectivity index (χ0v) is 16.9. The minimum Gasteiger partial charge on any atom is -0.454 e. The van der Waals surface area contributed by atoms with Crippen LogP contribution in [-0.2, 0) is 24.3 Å². The molecule has 2 heterocycles. The van der Waals surface area contributed by atoms with Crippen molar-refractivity contribution in [3.05, 3.63) is 40.7 Å². The summed E-state index contributed by atoms with van der Waals surface area (Å²) in [6.07, 6.45) is 1.20. The Morgan fingerprint density at radius 2 is 2.00 bits per heavy atom. The van der Waals surface area contributed by atoms with Crippen LogP contribution >= 0.6 is 0 Å². The third-order valence-corrected chi connectivity index (χ3v) is 4.94. The first-order valence-electron chi connectivity index (χ1n) is 9.50. The Balaban J connectivity index is 1.58. The number of aryl methyl sites for hydroxylation is 1. The van der Waals surface area contributed by atoms with E-state index >= 15 is 0 Å². The minimum atomic E-state index is 0.128. The molecule has 2 aromatic rings. The molecule has 0 unspecified atom stereocenters. The zero-order valence-electron chi connectivity index (χ0n) is 16.9. The Morgan fingerprint density at radius 1 is 1.26 bits per heavy atom. The van der Waals surface area contributed by atoms with Crippen LogP contribution in [0.1, 0.15) is 42.8 Å². The second-order valence-electron chi connectivity index (χ2n) is 7.66. The lowest BCUT2D eigenvalue weighted by Crippen LogP contribution is -2.26. The van der Waals surface area contributed by atoms with E-state index in [-0.39, 0.29) is 12.7 Å². The lowest BCUT2D eigenvalue weighted by Gasteiger charge is -2.17. The number of carbonyl (C=O) groups excluding carboxylic acids is 1. The van der Waals surface area contributed by atoms with Gasteiger partial charge in [0, 0.05) is 32.3 Å². The van der Waals surface area contributed by atoms with Gasteiger partial charge < -0.3 is 14.4 Å². The van der Waals surface area contributed by atoms with Crippen molar-refractivity contribution in [1.82, 2.24) is 14.7 Å². The highest BCUT2D eigenvalue weighted by atomic mass is 16.7. The van der Waals surface area contributed by atoms with Crippen molar-refractivity contribution in [2.45, 2.75) is 53.6 Å². The lowest BCUT2D eigenvalue weighted by molar-refractivity contribution is -0.130. The third-order valence-electron chi connectivity index (χ3n) is 4.94. The first kappa shape index (κ1) is 19.3. The molecule has 0 fully saturated rings. The average molecular weight is 371 g/mol. The molecule has 0 saturated heterocycles. The number of fused-ring (bicyclic) bond motifs is 1. The van der Waals surface area contributed by atoms with Crippen molar-refractivity contribution in [2.24, 2.45) is 5.92 Å². The molecule has 1 aromatic carbocycles. The van der Waals surface area contributed by atoms with Crippen molar-refractivity contribution >= 4 is 5.91 Å². The molecule has 0 aliphatic carbocycles. The number of amides is 1. The summed E-state index contributed by atoms with van der Waals surface area (Å²) < 4.78 is 12.8. The molecule has 1 amide bonds. The zero-order chi connectivity index (χ0) is 19.6. The van der Waals surface area contributed by atoms with Gasteiger partial charge in [0.15, 0.2) is 11.5 Å². The Kier molecular flexibility index (Phi) is 5.73. The number of benzene rings is 1. The molecular weight excluding hydrogens is 342 g/mol. The fourth-order valence-electron chi connectivity index (χ4n) is 3.44. The second kappa shape index (κ2) is 8.03. The predicted octanol–water partition coefficient (Wildman–Crippen LogP) is 3.48. The van der Waals surface area contributed by atoms with Gasteiger partial charge in [0.2, 0.25) is 12.7 Å². The standard InChI is InChI=1S/C21H29N3O3/c1-14(2)11-24-16(4)18(15(3)22-24)7-9-21(25)23(5)12-17-6-8-19-20(10-17)27-13-26-19/h6,8,10,14H,7,9,11-13H2,1-5H3. The minimum absolute atomic E-state index is 0.128. The summed E-state index contributed by atoms with van der Waals surface area (Å²) in [5.41, 5.74) is 4.43. The number of nitrogens with zero attached hydrogens (tertiary/aromatic N) is 3. The van der Waals surface area contributed by atoms with Crippen LogP contribution in [0.2, 0.25) is 0 Å². The van der Waals surface area contributed by atoms with Gasteiger partial charge in [0.25, 0.3) is 0 Å². The molecule has 3 rings (SSSR count). The summed E-state index contributed by atoms with van der Waals surface area (Å²) in [5.74, 6) is 2.18. The van der Waals surface area contributed by atoms with Gasteiger partial charge in [0.1, 0.15) is 0 Å². The number of rotatable bonds is 7. The van der Waals surface area contributed by atoms with Gasteiger partial charge in [-0.2, -0.15) is 5.10 Å². The average Bonchev–Trinajstić information content (AvgIpc) is 3.17. The quantitative estimate of drug-likeness (QED) is 0.748. The van der Waals surface area contributed by atoms with E-state index in [0.717, 1.165) is 35.7 Å². The number of ether oxygens (including phenoxy) is 2. The fraction of sp³-hybridized carbons (Fsp3) is 0.524. The largest absolute Gasteiger partial charge is 0.454 e. The molecule has 0 spiro atoms. The van der Waals surface area contributed by atoms with Crippen molar-refractivity contribution < 1.29 is 14.3 Å². The van der Waals surface area contributed by atoms with Gasteiger partial charge in [-0.1, -0.05) is 19.9 Å². The normalized spacial score (nSPS) is 12.7. The maximum Gasteiger partial charge on any atom is 0.231 e. The molecule has 146 valence electrons. The summed E-state index contributed by atoms with van der Waals surface area (Å²) in [6, 6.07) is 5.81. The molecule has 27 heavy (non-hydrogen) atoms. The molecule has 1 aliphatic heterocycles. The summed E-state index contributed by atoms with van der Waals surface area (Å²) in [5, 5.41) is 4.64. The SMILES string of the molecule is Cc1nn(CC(C)C)c(C)c1CCC(=O)N(C)Cc1ccc2c(c1)OCO2. The van der Waals surface area contributed by atoms with E-state index in [1.807, 2.05) is 32.2 Å². The first-order valence-corrected chi connectivity index (χ1v) is 9.50. The van der Waals surface area contributed by atoms with Gasteiger partial charge in [-0.3, -0.25) is 9.48 Å².